The predicted octanol–water partition coefficient (Wildman–Crippen LogP) is 1.33. The number of aliphatic hydroxyl groups is 1. The molecule has 18 heavy (non-hydrogen) atoms. The molecule has 0 radical (unpaired) electrons. The minimum absolute atomic E-state index is 0.251. The van der Waals surface area contributed by atoms with Crippen LogP contribution in [0.5, 0.6) is 0 Å². The van der Waals surface area contributed by atoms with Crippen molar-refractivity contribution in [1.82, 2.24) is 0 Å². The molecule has 5 heteroatoms. The van der Waals surface area contributed by atoms with Crippen molar-refractivity contribution >= 4 is 17.3 Å². The van der Waals surface area contributed by atoms with Gasteiger partial charge in [0.15, 0.2) is 0 Å². The predicted molar refractivity (Wildman–Crippen MR) is 73.4 cm³/mol. The summed E-state index contributed by atoms with van der Waals surface area (Å²) in [6.45, 7) is 1.04. The van der Waals surface area contributed by atoms with Crippen LogP contribution in [0.15, 0.2) is 18.2 Å². The van der Waals surface area contributed by atoms with Crippen LogP contribution >= 0.6 is 0 Å². The standard InChI is InChI=1S/C13H21N3O2/c14-11-6-5-10(13(15)18)9-12(11)16-7-3-1-2-4-8-17/h5-6,9,16-17H,1-4,7-8,14H2,(H2,15,18). The molecule has 6 N–H and O–H groups in total. The summed E-state index contributed by atoms with van der Waals surface area (Å²) in [6.07, 6.45) is 3.93. The van der Waals surface area contributed by atoms with E-state index in [1.54, 1.807) is 18.2 Å². The van der Waals surface area contributed by atoms with Crippen LogP contribution in [0.3, 0.4) is 0 Å². The number of primary amides is 1. The molecule has 5 nitrogen and oxygen atoms in total. The lowest BCUT2D eigenvalue weighted by Crippen LogP contribution is -2.12. The highest BCUT2D eigenvalue weighted by molar-refractivity contribution is 5.94. The Morgan fingerprint density at radius 2 is 1.94 bits per heavy atom. The van der Waals surface area contributed by atoms with Crippen LogP contribution in [0.4, 0.5) is 11.4 Å². The van der Waals surface area contributed by atoms with Gasteiger partial charge in [0, 0.05) is 18.7 Å². The van der Waals surface area contributed by atoms with E-state index in [-0.39, 0.29) is 6.61 Å². The SMILES string of the molecule is NC(=O)c1ccc(N)c(NCCCCCCO)c1. The summed E-state index contributed by atoms with van der Waals surface area (Å²) >= 11 is 0. The van der Waals surface area contributed by atoms with E-state index in [4.69, 9.17) is 16.6 Å². The Hall–Kier alpha value is -1.75. The number of nitrogens with two attached hydrogens (primary N) is 2. The minimum atomic E-state index is -0.457. The Labute approximate surface area is 107 Å². The smallest absolute Gasteiger partial charge is 0.248 e. The van der Waals surface area contributed by atoms with Crippen LogP contribution in [0.25, 0.3) is 0 Å². The van der Waals surface area contributed by atoms with E-state index in [1.165, 1.54) is 0 Å². The summed E-state index contributed by atoms with van der Waals surface area (Å²) in [5, 5.41) is 11.8. The first kappa shape index (κ1) is 14.3. The zero-order valence-corrected chi connectivity index (χ0v) is 10.5. The largest absolute Gasteiger partial charge is 0.397 e. The van der Waals surface area contributed by atoms with Gasteiger partial charge in [0.05, 0.1) is 11.4 Å². The number of benzene rings is 1. The Balaban J connectivity index is 2.41. The van der Waals surface area contributed by atoms with Gasteiger partial charge in [-0.25, -0.2) is 0 Å². The summed E-state index contributed by atoms with van der Waals surface area (Å²) in [7, 11) is 0. The zero-order valence-electron chi connectivity index (χ0n) is 10.5. The lowest BCUT2D eigenvalue weighted by atomic mass is 10.1. The molecule has 1 aromatic rings. The van der Waals surface area contributed by atoms with Crippen molar-refractivity contribution in [1.29, 1.82) is 0 Å². The quantitative estimate of drug-likeness (QED) is 0.413. The molecule has 0 saturated heterocycles. The molecule has 0 spiro atoms. The van der Waals surface area contributed by atoms with E-state index < -0.39 is 5.91 Å². The molecule has 0 aromatic heterocycles. The van der Waals surface area contributed by atoms with Gasteiger partial charge < -0.3 is 21.9 Å². The van der Waals surface area contributed by atoms with Gasteiger partial charge in [-0.05, 0) is 31.0 Å². The molecule has 1 aromatic carbocycles. The van der Waals surface area contributed by atoms with Crippen molar-refractivity contribution in [2.75, 3.05) is 24.2 Å². The second-order valence-electron chi connectivity index (χ2n) is 4.23. The highest BCUT2D eigenvalue weighted by atomic mass is 16.2. The lowest BCUT2D eigenvalue weighted by molar-refractivity contribution is 0.100. The van der Waals surface area contributed by atoms with Crippen LogP contribution in [-0.2, 0) is 0 Å². The van der Waals surface area contributed by atoms with Gasteiger partial charge in [0.25, 0.3) is 0 Å². The van der Waals surface area contributed by atoms with Crippen LogP contribution in [0, 0.1) is 0 Å². The summed E-state index contributed by atoms with van der Waals surface area (Å²) < 4.78 is 0. The molecule has 0 aliphatic heterocycles. The van der Waals surface area contributed by atoms with Gasteiger partial charge in [-0.15, -0.1) is 0 Å². The van der Waals surface area contributed by atoms with E-state index in [0.29, 0.717) is 11.3 Å². The number of hydrogen-bond acceptors (Lipinski definition) is 4. The van der Waals surface area contributed by atoms with E-state index in [2.05, 4.69) is 5.32 Å². The van der Waals surface area contributed by atoms with Crippen molar-refractivity contribution in [2.45, 2.75) is 25.7 Å². The highest BCUT2D eigenvalue weighted by Crippen LogP contribution is 2.19. The molecule has 0 aliphatic carbocycles. The first-order chi connectivity index (χ1) is 8.65. The molecule has 1 amide bonds. The van der Waals surface area contributed by atoms with Crippen molar-refractivity contribution in [3.8, 4) is 0 Å². The summed E-state index contributed by atoms with van der Waals surface area (Å²) in [4.78, 5) is 11.0. The number of carbonyl (C=O) groups excluding carboxylic acids is 1. The number of aliphatic hydroxyl groups excluding tert-OH is 1. The maximum Gasteiger partial charge on any atom is 0.248 e. The maximum atomic E-state index is 11.0. The van der Waals surface area contributed by atoms with Crippen LogP contribution in [0.1, 0.15) is 36.0 Å². The fourth-order valence-corrected chi connectivity index (χ4v) is 1.68. The Morgan fingerprint density at radius 3 is 2.61 bits per heavy atom. The summed E-state index contributed by atoms with van der Waals surface area (Å²) in [5.41, 5.74) is 12.8. The van der Waals surface area contributed by atoms with E-state index in [0.717, 1.165) is 37.9 Å². The topological polar surface area (TPSA) is 101 Å². The first-order valence-corrected chi connectivity index (χ1v) is 6.19. The fourth-order valence-electron chi connectivity index (χ4n) is 1.68. The Bertz CT molecular complexity index is 394. The number of nitrogen functional groups attached to an aromatic ring is 1. The zero-order chi connectivity index (χ0) is 13.4. The molecule has 0 saturated carbocycles. The number of anilines is 2. The van der Waals surface area contributed by atoms with Crippen molar-refractivity contribution in [3.63, 3.8) is 0 Å². The summed E-state index contributed by atoms with van der Waals surface area (Å²) in [5.74, 6) is -0.457. The lowest BCUT2D eigenvalue weighted by Gasteiger charge is -2.10. The van der Waals surface area contributed by atoms with Gasteiger partial charge in [-0.1, -0.05) is 12.8 Å². The Kier molecular flexibility index (Phi) is 6.00. The third-order valence-corrected chi connectivity index (χ3v) is 2.74. The Morgan fingerprint density at radius 1 is 1.22 bits per heavy atom. The molecule has 0 heterocycles. The molecular formula is C13H21N3O2. The first-order valence-electron chi connectivity index (χ1n) is 6.19. The minimum Gasteiger partial charge on any atom is -0.397 e. The number of amides is 1. The number of carbonyl (C=O) groups is 1. The van der Waals surface area contributed by atoms with E-state index in [1.807, 2.05) is 0 Å². The molecular weight excluding hydrogens is 230 g/mol. The van der Waals surface area contributed by atoms with Gasteiger partial charge in [0.1, 0.15) is 0 Å². The molecule has 100 valence electrons. The fraction of sp³-hybridized carbons (Fsp3) is 0.462. The van der Waals surface area contributed by atoms with Crippen LogP contribution in [-0.4, -0.2) is 24.2 Å². The number of nitrogens with one attached hydrogen (secondary N) is 1. The van der Waals surface area contributed by atoms with Crippen molar-refractivity contribution in [2.24, 2.45) is 5.73 Å². The van der Waals surface area contributed by atoms with Crippen molar-refractivity contribution < 1.29 is 9.90 Å². The van der Waals surface area contributed by atoms with Crippen LogP contribution in [0.2, 0.25) is 0 Å². The third-order valence-electron chi connectivity index (χ3n) is 2.74. The highest BCUT2D eigenvalue weighted by Gasteiger charge is 2.04. The second-order valence-corrected chi connectivity index (χ2v) is 4.23. The van der Waals surface area contributed by atoms with Gasteiger partial charge in [0.2, 0.25) is 5.91 Å². The molecule has 0 aliphatic rings. The average molecular weight is 251 g/mol. The van der Waals surface area contributed by atoms with Gasteiger partial charge in [-0.2, -0.15) is 0 Å². The maximum absolute atomic E-state index is 11.0. The molecule has 0 fully saturated rings. The van der Waals surface area contributed by atoms with Gasteiger partial charge in [-0.3, -0.25) is 4.79 Å². The molecule has 1 rings (SSSR count). The summed E-state index contributed by atoms with van der Waals surface area (Å²) in [6, 6.07) is 4.96. The third kappa shape index (κ3) is 4.63. The molecule has 0 atom stereocenters. The van der Waals surface area contributed by atoms with Crippen LogP contribution < -0.4 is 16.8 Å². The normalized spacial score (nSPS) is 10.3. The number of unbranched alkanes of at least 4 members (excludes halogenated alkanes) is 3. The average Bonchev–Trinajstić information content (AvgIpc) is 2.35. The van der Waals surface area contributed by atoms with Crippen molar-refractivity contribution in [3.05, 3.63) is 23.8 Å². The number of rotatable bonds is 8. The van der Waals surface area contributed by atoms with E-state index in [9.17, 15) is 4.79 Å². The van der Waals surface area contributed by atoms with Gasteiger partial charge >= 0.3 is 0 Å². The van der Waals surface area contributed by atoms with E-state index >= 15 is 0 Å². The number of hydrogen-bond donors (Lipinski definition) is 4. The monoisotopic (exact) mass is 251 g/mol. The molecule has 0 bridgehead atoms. The second kappa shape index (κ2) is 7.55. The molecule has 0 unspecified atom stereocenters.